The second-order valence-electron chi connectivity index (χ2n) is 7.30. The lowest BCUT2D eigenvalue weighted by Crippen LogP contribution is -2.49. The van der Waals surface area contributed by atoms with E-state index >= 15 is 0 Å². The Morgan fingerprint density at radius 2 is 1.71 bits per heavy atom. The lowest BCUT2D eigenvalue weighted by Gasteiger charge is -2.36. The molecule has 0 bridgehead atoms. The second-order valence-corrected chi connectivity index (χ2v) is 7.30. The number of benzene rings is 2. The number of hydrogen-bond donors (Lipinski definition) is 0. The van der Waals surface area contributed by atoms with E-state index < -0.39 is 22.4 Å². The van der Waals surface area contributed by atoms with Crippen molar-refractivity contribution in [1.29, 1.82) is 0 Å². The summed E-state index contributed by atoms with van der Waals surface area (Å²) in [6.45, 7) is 4.06. The lowest BCUT2D eigenvalue weighted by atomic mass is 10.1. The summed E-state index contributed by atoms with van der Waals surface area (Å²) in [5, 5.41) is 11.3. The van der Waals surface area contributed by atoms with Crippen LogP contribution < -0.4 is 9.80 Å². The summed E-state index contributed by atoms with van der Waals surface area (Å²) >= 11 is 0. The molecule has 1 saturated heterocycles. The van der Waals surface area contributed by atoms with Crippen LogP contribution >= 0.6 is 0 Å². The van der Waals surface area contributed by atoms with Gasteiger partial charge in [-0.15, -0.1) is 0 Å². The monoisotopic (exact) mass is 436 g/mol. The van der Waals surface area contributed by atoms with Crippen molar-refractivity contribution in [3.8, 4) is 0 Å². The maximum absolute atomic E-state index is 12.9. The molecule has 2 aromatic rings. The number of amides is 1. The quantitative estimate of drug-likeness (QED) is 0.523. The van der Waals surface area contributed by atoms with Crippen LogP contribution in [0.25, 0.3) is 0 Å². The second kappa shape index (κ2) is 8.83. The third kappa shape index (κ3) is 4.89. The summed E-state index contributed by atoms with van der Waals surface area (Å²) in [6, 6.07) is 9.79. The van der Waals surface area contributed by atoms with Gasteiger partial charge in [0.1, 0.15) is 5.69 Å². The molecule has 0 aromatic heterocycles. The molecule has 0 atom stereocenters. The Morgan fingerprint density at radius 3 is 2.23 bits per heavy atom. The van der Waals surface area contributed by atoms with Gasteiger partial charge in [0.15, 0.2) is 0 Å². The highest BCUT2D eigenvalue weighted by molar-refractivity contribution is 5.94. The molecule has 31 heavy (non-hydrogen) atoms. The zero-order valence-corrected chi connectivity index (χ0v) is 17.2. The van der Waals surface area contributed by atoms with Crippen LogP contribution in [0.2, 0.25) is 0 Å². The average molecular weight is 436 g/mol. The third-order valence-corrected chi connectivity index (χ3v) is 5.44. The van der Waals surface area contributed by atoms with Gasteiger partial charge in [0.2, 0.25) is 0 Å². The molecule has 3 rings (SSSR count). The van der Waals surface area contributed by atoms with Crippen LogP contribution in [0.4, 0.5) is 30.2 Å². The third-order valence-electron chi connectivity index (χ3n) is 5.44. The Morgan fingerprint density at radius 1 is 1.10 bits per heavy atom. The highest BCUT2D eigenvalue weighted by atomic mass is 19.4. The van der Waals surface area contributed by atoms with Gasteiger partial charge in [-0.25, -0.2) is 0 Å². The Bertz CT molecular complexity index is 955. The van der Waals surface area contributed by atoms with E-state index in [1.165, 1.54) is 0 Å². The minimum atomic E-state index is -4.66. The molecule has 10 heteroatoms. The van der Waals surface area contributed by atoms with Gasteiger partial charge in [-0.1, -0.05) is 0 Å². The predicted molar refractivity (Wildman–Crippen MR) is 112 cm³/mol. The first-order valence-corrected chi connectivity index (χ1v) is 9.83. The number of carbonyl (C=O) groups excluding carboxylic acids is 1. The topological polar surface area (TPSA) is 69.9 Å². The van der Waals surface area contributed by atoms with Gasteiger partial charge >= 0.3 is 6.18 Å². The summed E-state index contributed by atoms with van der Waals surface area (Å²) in [5.41, 5.74) is 0.0110. The molecule has 0 radical (unpaired) electrons. The Labute approximate surface area is 177 Å². The van der Waals surface area contributed by atoms with E-state index in [2.05, 4.69) is 0 Å². The molecule has 1 amide bonds. The number of carbonyl (C=O) groups is 1. The van der Waals surface area contributed by atoms with Crippen LogP contribution in [0, 0.1) is 10.1 Å². The van der Waals surface area contributed by atoms with Crippen LogP contribution in [0.3, 0.4) is 0 Å². The van der Waals surface area contributed by atoms with Crippen molar-refractivity contribution in [2.75, 3.05) is 49.6 Å². The maximum Gasteiger partial charge on any atom is 0.416 e. The van der Waals surface area contributed by atoms with E-state index in [0.717, 1.165) is 24.4 Å². The van der Waals surface area contributed by atoms with Crippen molar-refractivity contribution >= 4 is 23.0 Å². The molecular weight excluding hydrogens is 413 g/mol. The van der Waals surface area contributed by atoms with Crippen molar-refractivity contribution in [2.24, 2.45) is 0 Å². The van der Waals surface area contributed by atoms with Gasteiger partial charge in [0.05, 0.1) is 10.5 Å². The first-order chi connectivity index (χ1) is 14.6. The molecule has 0 saturated carbocycles. The molecule has 1 fully saturated rings. The van der Waals surface area contributed by atoms with Crippen LogP contribution in [-0.2, 0) is 6.18 Å². The summed E-state index contributed by atoms with van der Waals surface area (Å²) in [4.78, 5) is 28.6. The highest BCUT2D eigenvalue weighted by Gasteiger charge is 2.34. The van der Waals surface area contributed by atoms with Crippen molar-refractivity contribution in [3.05, 3.63) is 63.7 Å². The van der Waals surface area contributed by atoms with Crippen LogP contribution in [0.15, 0.2) is 42.5 Å². The molecule has 0 spiro atoms. The zero-order chi connectivity index (χ0) is 22.8. The number of hydrogen-bond acceptors (Lipinski definition) is 5. The molecular formula is C21H23F3N4O3. The first kappa shape index (κ1) is 22.4. The predicted octanol–water partition coefficient (Wildman–Crippen LogP) is 4.03. The van der Waals surface area contributed by atoms with E-state index in [4.69, 9.17) is 0 Å². The number of piperazine rings is 1. The molecule has 1 aliphatic heterocycles. The molecule has 166 valence electrons. The van der Waals surface area contributed by atoms with E-state index in [0.29, 0.717) is 24.7 Å². The molecule has 0 N–H and O–H groups in total. The molecule has 0 unspecified atom stereocenters. The fourth-order valence-electron chi connectivity index (χ4n) is 3.49. The van der Waals surface area contributed by atoms with Gasteiger partial charge in [-0.3, -0.25) is 14.9 Å². The number of nitrogens with zero attached hydrogens (tertiary/aromatic N) is 4. The summed E-state index contributed by atoms with van der Waals surface area (Å²) < 4.78 is 38.7. The van der Waals surface area contributed by atoms with Gasteiger partial charge in [-0.05, 0) is 43.3 Å². The first-order valence-electron chi connectivity index (χ1n) is 9.83. The number of rotatable bonds is 5. The molecule has 1 aliphatic rings. The van der Waals surface area contributed by atoms with Crippen molar-refractivity contribution in [3.63, 3.8) is 0 Å². The summed E-state index contributed by atoms with van der Waals surface area (Å²) in [7, 11) is 1.95. The SMILES string of the molecule is CCN(C)c1ccc(C(=O)N2CCN(c3ccc(C(F)(F)F)cc3[N+](=O)[O-])CC2)cc1. The standard InChI is InChI=1S/C21H23F3N4O3/c1-3-25(2)17-7-4-15(5-8-17)20(29)27-12-10-26(11-13-27)18-9-6-16(21(22,23)24)14-19(18)28(30)31/h4-9,14H,3,10-13H2,1-2H3. The number of halogens is 3. The largest absolute Gasteiger partial charge is 0.416 e. The normalized spacial score (nSPS) is 14.5. The fraction of sp³-hybridized carbons (Fsp3) is 0.381. The number of nitro benzene ring substituents is 1. The Balaban J connectivity index is 1.70. The smallest absolute Gasteiger partial charge is 0.375 e. The van der Waals surface area contributed by atoms with Gasteiger partial charge in [0, 0.05) is 57.1 Å². The van der Waals surface area contributed by atoms with E-state index in [1.807, 2.05) is 31.0 Å². The van der Waals surface area contributed by atoms with Gasteiger partial charge in [0.25, 0.3) is 11.6 Å². The number of nitro groups is 1. The fourth-order valence-corrected chi connectivity index (χ4v) is 3.49. The molecule has 7 nitrogen and oxygen atoms in total. The van der Waals surface area contributed by atoms with Crippen molar-refractivity contribution in [2.45, 2.75) is 13.1 Å². The number of alkyl halides is 3. The van der Waals surface area contributed by atoms with Gasteiger partial charge in [-0.2, -0.15) is 13.2 Å². The highest BCUT2D eigenvalue weighted by Crippen LogP contribution is 2.36. The zero-order valence-electron chi connectivity index (χ0n) is 17.2. The summed E-state index contributed by atoms with van der Waals surface area (Å²) in [6.07, 6.45) is -4.66. The van der Waals surface area contributed by atoms with Crippen LogP contribution in [0.5, 0.6) is 0 Å². The minimum Gasteiger partial charge on any atom is -0.375 e. The minimum absolute atomic E-state index is 0.122. The Hall–Kier alpha value is -3.30. The lowest BCUT2D eigenvalue weighted by molar-refractivity contribution is -0.384. The average Bonchev–Trinajstić information content (AvgIpc) is 2.77. The van der Waals surface area contributed by atoms with Crippen molar-refractivity contribution < 1.29 is 22.9 Å². The van der Waals surface area contributed by atoms with E-state index in [-0.39, 0.29) is 24.7 Å². The van der Waals surface area contributed by atoms with E-state index in [9.17, 15) is 28.1 Å². The number of anilines is 2. The van der Waals surface area contributed by atoms with E-state index in [1.54, 1.807) is 21.9 Å². The van der Waals surface area contributed by atoms with Gasteiger partial charge < -0.3 is 14.7 Å². The Kier molecular flexibility index (Phi) is 6.37. The van der Waals surface area contributed by atoms with Crippen LogP contribution in [0.1, 0.15) is 22.8 Å². The van der Waals surface area contributed by atoms with Crippen molar-refractivity contribution in [1.82, 2.24) is 4.90 Å². The molecule has 2 aromatic carbocycles. The summed E-state index contributed by atoms with van der Waals surface area (Å²) in [5.74, 6) is -0.146. The maximum atomic E-state index is 12.9. The van der Waals surface area contributed by atoms with Crippen LogP contribution in [-0.4, -0.2) is 55.5 Å². The molecule has 1 heterocycles. The molecule has 0 aliphatic carbocycles.